The summed E-state index contributed by atoms with van der Waals surface area (Å²) in [6.45, 7) is 2.79. The first kappa shape index (κ1) is 10.6. The number of benzene rings is 1. The lowest BCUT2D eigenvalue weighted by Crippen LogP contribution is -2.43. The number of fused-ring (bicyclic) bond motifs is 3. The van der Waals surface area contributed by atoms with Gasteiger partial charge in [0.05, 0.1) is 0 Å². The summed E-state index contributed by atoms with van der Waals surface area (Å²) in [5.41, 5.74) is 3.03. The van der Waals surface area contributed by atoms with E-state index in [9.17, 15) is 0 Å². The fourth-order valence-electron chi connectivity index (χ4n) is 4.84. The average molecular weight is 257 g/mol. The maximum atomic E-state index is 5.58. The van der Waals surface area contributed by atoms with Crippen molar-refractivity contribution in [3.05, 3.63) is 23.3 Å². The molecule has 1 aromatic carbocycles. The van der Waals surface area contributed by atoms with E-state index < -0.39 is 0 Å². The standard InChI is InChI=1S/C16H19NO2/c1-2-10-4-5-17-8-11-6-14-15(19-9-18-14)7-13(11)12(3-1)16(10)17/h6-7,10,12,16H,1-5,8-9H2/t10-,12?,16+/m1/s1. The maximum absolute atomic E-state index is 5.58. The van der Waals surface area contributed by atoms with Gasteiger partial charge in [-0.1, -0.05) is 6.42 Å². The normalized spacial score (nSPS) is 35.1. The largest absolute Gasteiger partial charge is 0.454 e. The van der Waals surface area contributed by atoms with Gasteiger partial charge in [0.15, 0.2) is 11.5 Å². The molecule has 1 saturated heterocycles. The Hall–Kier alpha value is -1.22. The van der Waals surface area contributed by atoms with E-state index in [0.717, 1.165) is 35.9 Å². The lowest BCUT2D eigenvalue weighted by Gasteiger charge is -2.43. The summed E-state index contributed by atoms with van der Waals surface area (Å²) in [7, 11) is 0. The Morgan fingerprint density at radius 2 is 1.95 bits per heavy atom. The Balaban J connectivity index is 1.65. The smallest absolute Gasteiger partial charge is 0.231 e. The number of nitrogens with zero attached hydrogens (tertiary/aromatic N) is 1. The lowest BCUT2D eigenvalue weighted by molar-refractivity contribution is 0.134. The highest BCUT2D eigenvalue weighted by atomic mass is 16.7. The van der Waals surface area contributed by atoms with Gasteiger partial charge in [-0.3, -0.25) is 4.90 Å². The summed E-state index contributed by atoms with van der Waals surface area (Å²) in [4.78, 5) is 2.72. The Bertz CT molecular complexity index is 542. The molecule has 0 aromatic heterocycles. The molecule has 19 heavy (non-hydrogen) atoms. The summed E-state index contributed by atoms with van der Waals surface area (Å²) < 4.78 is 11.1. The molecule has 5 rings (SSSR count). The van der Waals surface area contributed by atoms with E-state index in [-0.39, 0.29) is 0 Å². The van der Waals surface area contributed by atoms with Gasteiger partial charge >= 0.3 is 0 Å². The second-order valence-corrected chi connectivity index (χ2v) is 6.45. The minimum absolute atomic E-state index is 0.388. The van der Waals surface area contributed by atoms with Crippen molar-refractivity contribution < 1.29 is 9.47 Å². The third-order valence-corrected chi connectivity index (χ3v) is 5.60. The number of hydrogen-bond donors (Lipinski definition) is 0. The second-order valence-electron chi connectivity index (χ2n) is 6.45. The minimum atomic E-state index is 0.388. The molecule has 2 fully saturated rings. The molecule has 1 saturated carbocycles. The third kappa shape index (κ3) is 1.37. The van der Waals surface area contributed by atoms with Crippen LogP contribution in [-0.4, -0.2) is 24.3 Å². The molecule has 3 heteroatoms. The Morgan fingerprint density at radius 3 is 2.89 bits per heavy atom. The molecule has 0 bridgehead atoms. The maximum Gasteiger partial charge on any atom is 0.231 e. The highest BCUT2D eigenvalue weighted by Gasteiger charge is 2.45. The van der Waals surface area contributed by atoms with E-state index in [1.807, 2.05) is 0 Å². The second kappa shape index (κ2) is 3.66. The molecule has 0 spiro atoms. The molecule has 0 radical (unpaired) electrons. The first-order valence-electron chi connectivity index (χ1n) is 7.56. The van der Waals surface area contributed by atoms with E-state index in [1.165, 1.54) is 37.8 Å². The summed E-state index contributed by atoms with van der Waals surface area (Å²) in [6.07, 6.45) is 5.59. The van der Waals surface area contributed by atoms with E-state index in [1.54, 1.807) is 5.56 Å². The average Bonchev–Trinajstić information content (AvgIpc) is 3.05. The number of ether oxygens (including phenoxy) is 2. The topological polar surface area (TPSA) is 21.7 Å². The molecule has 3 atom stereocenters. The summed E-state index contributed by atoms with van der Waals surface area (Å²) in [5.74, 6) is 3.59. The monoisotopic (exact) mass is 257 g/mol. The minimum Gasteiger partial charge on any atom is -0.454 e. The Kier molecular flexibility index (Phi) is 2.03. The lowest BCUT2D eigenvalue weighted by atomic mass is 9.71. The zero-order chi connectivity index (χ0) is 12.4. The van der Waals surface area contributed by atoms with Gasteiger partial charge < -0.3 is 9.47 Å². The summed E-state index contributed by atoms with van der Waals surface area (Å²) in [6, 6.07) is 5.32. The SMILES string of the molecule is c1c2c(cc3c1OCO3)C1CCC[C@@H]3CCN(C2)[C@H]13. The van der Waals surface area contributed by atoms with Crippen LogP contribution in [-0.2, 0) is 6.54 Å². The van der Waals surface area contributed by atoms with Crippen LogP contribution < -0.4 is 9.47 Å². The first-order valence-corrected chi connectivity index (χ1v) is 7.56. The van der Waals surface area contributed by atoms with Gasteiger partial charge in [0, 0.05) is 18.5 Å². The molecule has 3 heterocycles. The van der Waals surface area contributed by atoms with Crippen molar-refractivity contribution in [2.75, 3.05) is 13.3 Å². The van der Waals surface area contributed by atoms with Crippen molar-refractivity contribution in [3.63, 3.8) is 0 Å². The van der Waals surface area contributed by atoms with Crippen molar-refractivity contribution in [1.29, 1.82) is 0 Å². The summed E-state index contributed by atoms with van der Waals surface area (Å²) in [5, 5.41) is 0. The molecule has 0 N–H and O–H groups in total. The predicted molar refractivity (Wildman–Crippen MR) is 71.5 cm³/mol. The Morgan fingerprint density at radius 1 is 1.05 bits per heavy atom. The van der Waals surface area contributed by atoms with Crippen LogP contribution in [0.25, 0.3) is 0 Å². The molecular formula is C16H19NO2. The molecule has 1 aliphatic carbocycles. The van der Waals surface area contributed by atoms with Gasteiger partial charge in [0.25, 0.3) is 0 Å². The van der Waals surface area contributed by atoms with Crippen LogP contribution in [0, 0.1) is 5.92 Å². The van der Waals surface area contributed by atoms with Gasteiger partial charge in [-0.15, -0.1) is 0 Å². The Labute approximate surface area is 113 Å². The highest BCUT2D eigenvalue weighted by molar-refractivity contribution is 5.51. The van der Waals surface area contributed by atoms with Crippen molar-refractivity contribution in [3.8, 4) is 11.5 Å². The van der Waals surface area contributed by atoms with Crippen molar-refractivity contribution in [2.24, 2.45) is 5.92 Å². The van der Waals surface area contributed by atoms with Gasteiger partial charge in [-0.25, -0.2) is 0 Å². The molecule has 4 aliphatic rings. The van der Waals surface area contributed by atoms with Gasteiger partial charge in [0.1, 0.15) is 0 Å². The molecule has 1 unspecified atom stereocenters. The van der Waals surface area contributed by atoms with Crippen LogP contribution in [0.15, 0.2) is 12.1 Å². The van der Waals surface area contributed by atoms with Gasteiger partial charge in [0.2, 0.25) is 6.79 Å². The predicted octanol–water partition coefficient (Wildman–Crippen LogP) is 2.89. The van der Waals surface area contributed by atoms with E-state index in [2.05, 4.69) is 17.0 Å². The van der Waals surface area contributed by atoms with Crippen LogP contribution >= 0.6 is 0 Å². The molecular weight excluding hydrogens is 238 g/mol. The van der Waals surface area contributed by atoms with Crippen LogP contribution in [0.5, 0.6) is 11.5 Å². The summed E-state index contributed by atoms with van der Waals surface area (Å²) >= 11 is 0. The number of hydrogen-bond acceptors (Lipinski definition) is 3. The molecule has 0 amide bonds. The fraction of sp³-hybridized carbons (Fsp3) is 0.625. The van der Waals surface area contributed by atoms with Crippen molar-refractivity contribution in [2.45, 2.75) is 44.2 Å². The van der Waals surface area contributed by atoms with Crippen molar-refractivity contribution >= 4 is 0 Å². The molecule has 3 aliphatic heterocycles. The zero-order valence-electron chi connectivity index (χ0n) is 11.1. The molecule has 3 nitrogen and oxygen atoms in total. The van der Waals surface area contributed by atoms with Crippen LogP contribution in [0.2, 0.25) is 0 Å². The molecule has 1 aromatic rings. The molecule has 100 valence electrons. The van der Waals surface area contributed by atoms with Crippen LogP contribution in [0.1, 0.15) is 42.7 Å². The van der Waals surface area contributed by atoms with Crippen LogP contribution in [0.3, 0.4) is 0 Å². The first-order chi connectivity index (χ1) is 9.40. The van der Waals surface area contributed by atoms with Gasteiger partial charge in [-0.05, 0) is 55.0 Å². The quantitative estimate of drug-likeness (QED) is 0.713. The van der Waals surface area contributed by atoms with Crippen molar-refractivity contribution in [1.82, 2.24) is 4.90 Å². The van der Waals surface area contributed by atoms with E-state index in [4.69, 9.17) is 9.47 Å². The number of rotatable bonds is 0. The van der Waals surface area contributed by atoms with Gasteiger partial charge in [-0.2, -0.15) is 0 Å². The van der Waals surface area contributed by atoms with E-state index >= 15 is 0 Å². The fourth-order valence-corrected chi connectivity index (χ4v) is 4.84. The highest BCUT2D eigenvalue weighted by Crippen LogP contribution is 2.51. The van der Waals surface area contributed by atoms with Crippen LogP contribution in [0.4, 0.5) is 0 Å². The zero-order valence-corrected chi connectivity index (χ0v) is 11.1. The van der Waals surface area contributed by atoms with E-state index in [0.29, 0.717) is 6.79 Å². The third-order valence-electron chi connectivity index (χ3n) is 5.60.